The summed E-state index contributed by atoms with van der Waals surface area (Å²) in [6.07, 6.45) is -8.24. The molecule has 1 unspecified atom stereocenters. The molecule has 5 atom stereocenters. The number of hydrogen-bond donors (Lipinski definition) is 0. The summed E-state index contributed by atoms with van der Waals surface area (Å²) in [5.41, 5.74) is 4.35. The minimum Gasteiger partial charge on any atom is -0.426 e. The van der Waals surface area contributed by atoms with Crippen LogP contribution < -0.4 is 4.74 Å². The van der Waals surface area contributed by atoms with Crippen molar-refractivity contribution < 1.29 is 45.6 Å². The summed E-state index contributed by atoms with van der Waals surface area (Å²) >= 11 is 0. The first kappa shape index (κ1) is 28.5. The van der Waals surface area contributed by atoms with E-state index in [1.54, 1.807) is 26.5 Å². The van der Waals surface area contributed by atoms with Crippen LogP contribution in [0, 0.1) is 0 Å². The van der Waals surface area contributed by atoms with Crippen molar-refractivity contribution in [3.8, 4) is 22.7 Å². The van der Waals surface area contributed by atoms with Gasteiger partial charge in [-0.1, -0.05) is 12.1 Å². The number of halogens is 5. The number of nitrogens with zero attached hydrogens (tertiary/aromatic N) is 2. The molecule has 216 valence electrons. The fourth-order valence-electron chi connectivity index (χ4n) is 5.20. The van der Waals surface area contributed by atoms with Gasteiger partial charge in [0.1, 0.15) is 11.9 Å². The van der Waals surface area contributed by atoms with E-state index in [0.29, 0.717) is 24.2 Å². The molecule has 12 heteroatoms. The quantitative estimate of drug-likeness (QED) is 0.324. The van der Waals surface area contributed by atoms with Gasteiger partial charge >= 0.3 is 12.3 Å². The van der Waals surface area contributed by atoms with E-state index in [1.807, 2.05) is 19.1 Å². The van der Waals surface area contributed by atoms with Crippen LogP contribution in [0.2, 0.25) is 0 Å². The first-order valence-corrected chi connectivity index (χ1v) is 12.8. The minimum atomic E-state index is -5.81. The first-order chi connectivity index (χ1) is 19.0. The fourth-order valence-corrected chi connectivity index (χ4v) is 5.20. The molecule has 2 aromatic carbocycles. The lowest BCUT2D eigenvalue weighted by Gasteiger charge is -2.39. The molecule has 0 bridgehead atoms. The van der Waals surface area contributed by atoms with Gasteiger partial charge in [-0.25, -0.2) is 4.68 Å². The third-order valence-corrected chi connectivity index (χ3v) is 7.20. The molecule has 0 N–H and O–H groups in total. The maximum Gasteiger partial charge on any atom is 0.499 e. The van der Waals surface area contributed by atoms with Gasteiger partial charge in [0.2, 0.25) is 0 Å². The standard InChI is InChI=1S/C28H29F5N2O5/c1-16-26(37-3)24(36-2)15-25(38-16)39-22-13-17-4-5-18(12-19(17)14-22)23-10-11-35(34-23)20-6-8-21(9-7-20)40-28(32,33)27(29,30)31/h4-12,16,22,24-26H,13-15H2,1-3H3/t16-,22?,24-,25-,26-/m0/s1. The summed E-state index contributed by atoms with van der Waals surface area (Å²) in [7, 11) is 3.30. The van der Waals surface area contributed by atoms with Gasteiger partial charge in [-0.3, -0.25) is 0 Å². The predicted octanol–water partition coefficient (Wildman–Crippen LogP) is 5.72. The molecule has 1 aliphatic carbocycles. The normalized spacial score (nSPS) is 25.1. The maximum atomic E-state index is 13.2. The number of fused-ring (bicyclic) bond motifs is 1. The van der Waals surface area contributed by atoms with Crippen molar-refractivity contribution in [1.29, 1.82) is 0 Å². The molecule has 0 saturated carbocycles. The van der Waals surface area contributed by atoms with E-state index in [-0.39, 0.29) is 24.4 Å². The van der Waals surface area contributed by atoms with Crippen LogP contribution in [0.1, 0.15) is 24.5 Å². The van der Waals surface area contributed by atoms with Crippen molar-refractivity contribution >= 4 is 0 Å². The smallest absolute Gasteiger partial charge is 0.426 e. The zero-order chi connectivity index (χ0) is 28.7. The van der Waals surface area contributed by atoms with Gasteiger partial charge in [-0.05, 0) is 67.3 Å². The van der Waals surface area contributed by atoms with Gasteiger partial charge < -0.3 is 23.7 Å². The number of benzene rings is 2. The molecule has 2 heterocycles. The summed E-state index contributed by atoms with van der Waals surface area (Å²) < 4.78 is 92.3. The molecule has 0 amide bonds. The number of alkyl halides is 5. The number of ether oxygens (including phenoxy) is 5. The van der Waals surface area contributed by atoms with E-state index in [2.05, 4.69) is 15.9 Å². The van der Waals surface area contributed by atoms with Crippen LogP contribution in [0.3, 0.4) is 0 Å². The Labute approximate surface area is 227 Å². The third kappa shape index (κ3) is 5.85. The Morgan fingerprint density at radius 1 is 0.925 bits per heavy atom. The summed E-state index contributed by atoms with van der Waals surface area (Å²) in [6, 6.07) is 12.6. The first-order valence-electron chi connectivity index (χ1n) is 12.8. The minimum absolute atomic E-state index is 0.0398. The molecule has 7 nitrogen and oxygen atoms in total. The number of aromatic nitrogens is 2. The highest BCUT2D eigenvalue weighted by Crippen LogP contribution is 2.37. The van der Waals surface area contributed by atoms with E-state index < -0.39 is 24.3 Å². The Balaban J connectivity index is 1.23. The lowest BCUT2D eigenvalue weighted by molar-refractivity contribution is -0.360. The number of hydrogen-bond acceptors (Lipinski definition) is 6. The lowest BCUT2D eigenvalue weighted by Crippen LogP contribution is -2.50. The highest BCUT2D eigenvalue weighted by Gasteiger charge is 2.61. The molecular weight excluding hydrogens is 539 g/mol. The fraction of sp³-hybridized carbons (Fsp3) is 0.464. The van der Waals surface area contributed by atoms with Crippen LogP contribution >= 0.6 is 0 Å². The Morgan fingerprint density at radius 2 is 1.65 bits per heavy atom. The van der Waals surface area contributed by atoms with Gasteiger partial charge in [0.05, 0.1) is 29.7 Å². The zero-order valence-electron chi connectivity index (χ0n) is 22.0. The second-order valence-electron chi connectivity index (χ2n) is 9.89. The van der Waals surface area contributed by atoms with Crippen molar-refractivity contribution in [1.82, 2.24) is 9.78 Å². The molecule has 3 aromatic rings. The van der Waals surface area contributed by atoms with E-state index in [4.69, 9.17) is 18.9 Å². The topological polar surface area (TPSA) is 64.0 Å². The average Bonchev–Trinajstić information content (AvgIpc) is 3.54. The highest BCUT2D eigenvalue weighted by molar-refractivity contribution is 5.62. The monoisotopic (exact) mass is 568 g/mol. The van der Waals surface area contributed by atoms with Crippen LogP contribution in [-0.2, 0) is 31.8 Å². The molecule has 0 spiro atoms. The van der Waals surface area contributed by atoms with Gasteiger partial charge in [0.15, 0.2) is 6.29 Å². The molecule has 1 aromatic heterocycles. The molecule has 2 aliphatic rings. The Hall–Kier alpha value is -3.06. The Kier molecular flexibility index (Phi) is 7.88. The molecule has 5 rings (SSSR count). The van der Waals surface area contributed by atoms with Crippen LogP contribution in [0.25, 0.3) is 16.9 Å². The highest BCUT2D eigenvalue weighted by atomic mass is 19.4. The van der Waals surface area contributed by atoms with E-state index in [0.717, 1.165) is 29.7 Å². The van der Waals surface area contributed by atoms with Crippen molar-refractivity contribution in [3.63, 3.8) is 0 Å². The van der Waals surface area contributed by atoms with Crippen LogP contribution in [0.5, 0.6) is 5.75 Å². The van der Waals surface area contributed by atoms with Gasteiger partial charge in [-0.2, -0.15) is 27.1 Å². The largest absolute Gasteiger partial charge is 0.499 e. The summed E-state index contributed by atoms with van der Waals surface area (Å²) in [6.45, 7) is 1.94. The van der Waals surface area contributed by atoms with E-state index in [9.17, 15) is 22.0 Å². The van der Waals surface area contributed by atoms with Crippen molar-refractivity contribution in [2.24, 2.45) is 0 Å². The zero-order valence-corrected chi connectivity index (χ0v) is 22.0. The Morgan fingerprint density at radius 3 is 2.33 bits per heavy atom. The summed E-state index contributed by atoms with van der Waals surface area (Å²) in [4.78, 5) is 0. The SMILES string of the molecule is CO[C@H]1[C@H](C)O[C@@H](OC2Cc3ccc(-c4ccn(-c5ccc(OC(F)(F)C(F)(F)F)cc5)n4)cc3C2)C[C@@H]1OC. The second-order valence-corrected chi connectivity index (χ2v) is 9.89. The maximum absolute atomic E-state index is 13.2. The average molecular weight is 569 g/mol. The second kappa shape index (κ2) is 11.1. The number of rotatable bonds is 8. The van der Waals surface area contributed by atoms with Gasteiger partial charge in [0.25, 0.3) is 0 Å². The molecule has 1 fully saturated rings. The van der Waals surface area contributed by atoms with E-state index >= 15 is 0 Å². The summed E-state index contributed by atoms with van der Waals surface area (Å²) in [5, 5.41) is 4.54. The van der Waals surface area contributed by atoms with Crippen LogP contribution in [0.15, 0.2) is 54.7 Å². The van der Waals surface area contributed by atoms with Crippen LogP contribution in [-0.4, -0.2) is 67.0 Å². The van der Waals surface area contributed by atoms with E-state index in [1.165, 1.54) is 22.4 Å². The number of methoxy groups -OCH3 is 2. The van der Waals surface area contributed by atoms with Crippen molar-refractivity contribution in [2.45, 2.75) is 69.2 Å². The molecule has 0 radical (unpaired) electrons. The molecule has 1 saturated heterocycles. The van der Waals surface area contributed by atoms with Gasteiger partial charge in [0, 0.05) is 32.4 Å². The molecule has 40 heavy (non-hydrogen) atoms. The van der Waals surface area contributed by atoms with Gasteiger partial charge in [-0.15, -0.1) is 0 Å². The van der Waals surface area contributed by atoms with Crippen molar-refractivity contribution in [2.75, 3.05) is 14.2 Å². The third-order valence-electron chi connectivity index (χ3n) is 7.20. The van der Waals surface area contributed by atoms with Crippen LogP contribution in [0.4, 0.5) is 22.0 Å². The Bertz CT molecular complexity index is 1310. The lowest BCUT2D eigenvalue weighted by atomic mass is 10.0. The van der Waals surface area contributed by atoms with Crippen molar-refractivity contribution in [3.05, 3.63) is 65.9 Å². The summed E-state index contributed by atoms with van der Waals surface area (Å²) in [5.74, 6) is -0.613. The molecular formula is C28H29F5N2O5. The predicted molar refractivity (Wildman–Crippen MR) is 133 cm³/mol. The molecule has 1 aliphatic heterocycles.